The number of fused-ring (bicyclic) bond motifs is 1. The molecule has 0 radical (unpaired) electrons. The molecule has 1 aromatic rings. The number of carbonyl (C=O) groups excluding carboxylic acids is 2. The maximum absolute atomic E-state index is 12.6. The summed E-state index contributed by atoms with van der Waals surface area (Å²) in [4.78, 5) is 37.4. The van der Waals surface area contributed by atoms with Crippen molar-refractivity contribution < 1.29 is 19.5 Å². The molecule has 2 atom stereocenters. The molecule has 3 rings (SSSR count). The number of hydrogen-bond acceptors (Lipinski definition) is 4. The lowest BCUT2D eigenvalue weighted by molar-refractivity contribution is -0.127. The fourth-order valence-electron chi connectivity index (χ4n) is 3.11. The van der Waals surface area contributed by atoms with Crippen LogP contribution >= 0.6 is 11.3 Å². The summed E-state index contributed by atoms with van der Waals surface area (Å²) in [5.74, 6) is -1.41. The first-order valence-electron chi connectivity index (χ1n) is 7.00. The minimum Gasteiger partial charge on any atom is -0.477 e. The molecule has 1 saturated carbocycles. The Bertz CT molecular complexity index is 598. The zero-order chi connectivity index (χ0) is 15.0. The van der Waals surface area contributed by atoms with Gasteiger partial charge in [0.1, 0.15) is 11.4 Å². The van der Waals surface area contributed by atoms with Crippen molar-refractivity contribution in [3.8, 4) is 0 Å². The maximum Gasteiger partial charge on any atom is 0.345 e. The van der Waals surface area contributed by atoms with Crippen molar-refractivity contribution in [2.45, 2.75) is 37.8 Å². The lowest BCUT2D eigenvalue weighted by Crippen LogP contribution is -2.62. The summed E-state index contributed by atoms with van der Waals surface area (Å²) in [6.45, 7) is 0.0559. The molecule has 0 aromatic carbocycles. The van der Waals surface area contributed by atoms with Crippen molar-refractivity contribution in [1.29, 1.82) is 0 Å². The van der Waals surface area contributed by atoms with Crippen LogP contribution in [0.3, 0.4) is 0 Å². The van der Waals surface area contributed by atoms with Gasteiger partial charge in [0.25, 0.3) is 5.91 Å². The summed E-state index contributed by atoms with van der Waals surface area (Å²) in [5.41, 5.74) is 0. The molecule has 1 saturated heterocycles. The average molecular weight is 308 g/mol. The third-order valence-corrected chi connectivity index (χ3v) is 5.14. The Balaban J connectivity index is 1.84. The zero-order valence-corrected chi connectivity index (χ0v) is 12.2. The van der Waals surface area contributed by atoms with Crippen LogP contribution in [0.2, 0.25) is 0 Å². The largest absolute Gasteiger partial charge is 0.477 e. The van der Waals surface area contributed by atoms with Crippen molar-refractivity contribution >= 4 is 29.1 Å². The number of amides is 2. The van der Waals surface area contributed by atoms with Gasteiger partial charge in [0.2, 0.25) is 5.91 Å². The van der Waals surface area contributed by atoms with Crippen LogP contribution < -0.4 is 5.32 Å². The first-order chi connectivity index (χ1) is 10.1. The van der Waals surface area contributed by atoms with Crippen LogP contribution in [0.1, 0.15) is 45.0 Å². The second kappa shape index (κ2) is 5.48. The lowest BCUT2D eigenvalue weighted by Gasteiger charge is -2.43. The minimum atomic E-state index is -1.04. The van der Waals surface area contributed by atoms with Gasteiger partial charge in [-0.1, -0.05) is 12.8 Å². The second-order valence-electron chi connectivity index (χ2n) is 5.43. The summed E-state index contributed by atoms with van der Waals surface area (Å²) < 4.78 is 0. The molecule has 0 unspecified atom stereocenters. The van der Waals surface area contributed by atoms with E-state index < -0.39 is 5.97 Å². The molecule has 0 bridgehead atoms. The predicted molar refractivity (Wildman–Crippen MR) is 76.5 cm³/mol. The fraction of sp³-hybridized carbons (Fsp3) is 0.500. The molecule has 21 heavy (non-hydrogen) atoms. The van der Waals surface area contributed by atoms with E-state index in [0.717, 1.165) is 37.0 Å². The second-order valence-corrected chi connectivity index (χ2v) is 6.51. The normalized spacial score (nSPS) is 25.1. The van der Waals surface area contributed by atoms with Crippen LogP contribution in [0, 0.1) is 0 Å². The van der Waals surface area contributed by atoms with Crippen LogP contribution in [-0.4, -0.2) is 46.4 Å². The van der Waals surface area contributed by atoms with E-state index >= 15 is 0 Å². The van der Waals surface area contributed by atoms with Crippen LogP contribution in [0.15, 0.2) is 12.1 Å². The Morgan fingerprint density at radius 3 is 2.67 bits per heavy atom. The van der Waals surface area contributed by atoms with E-state index in [-0.39, 0.29) is 35.3 Å². The average Bonchev–Trinajstić information content (AvgIpc) is 2.95. The molecule has 0 spiro atoms. The Morgan fingerprint density at radius 2 is 1.95 bits per heavy atom. The van der Waals surface area contributed by atoms with Crippen molar-refractivity contribution in [2.24, 2.45) is 0 Å². The van der Waals surface area contributed by atoms with Gasteiger partial charge in [-0.2, -0.15) is 0 Å². The van der Waals surface area contributed by atoms with Gasteiger partial charge < -0.3 is 15.3 Å². The van der Waals surface area contributed by atoms with E-state index in [4.69, 9.17) is 5.11 Å². The molecule has 112 valence electrons. The van der Waals surface area contributed by atoms with E-state index in [1.54, 1.807) is 4.90 Å². The van der Waals surface area contributed by atoms with Gasteiger partial charge in [0, 0.05) is 6.04 Å². The molecule has 2 fully saturated rings. The number of aromatic carboxylic acids is 1. The SMILES string of the molecule is O=C1CN(C(=O)c2ccc(C(=O)O)s2)[C@H]2CCCC[C@@H]2N1. The number of carboxylic acids is 1. The standard InChI is InChI=1S/C14H16N2O4S/c17-12-7-16(9-4-2-1-3-8(9)15-12)13(18)10-5-6-11(21-10)14(19)20/h5-6,8-9H,1-4,7H2,(H,15,17)(H,19,20)/t8-,9-/m0/s1. The van der Waals surface area contributed by atoms with Gasteiger partial charge in [-0.25, -0.2) is 4.79 Å². The number of carboxylic acid groups (broad SMARTS) is 1. The number of hydrogen-bond donors (Lipinski definition) is 2. The van der Waals surface area contributed by atoms with Gasteiger partial charge in [0.05, 0.1) is 10.9 Å². The van der Waals surface area contributed by atoms with Crippen LogP contribution in [0.4, 0.5) is 0 Å². The highest BCUT2D eigenvalue weighted by Gasteiger charge is 2.39. The number of piperazine rings is 1. The van der Waals surface area contributed by atoms with Crippen molar-refractivity contribution in [3.05, 3.63) is 21.9 Å². The quantitative estimate of drug-likeness (QED) is 0.863. The summed E-state index contributed by atoms with van der Waals surface area (Å²) in [6, 6.07) is 3.02. The van der Waals surface area contributed by atoms with E-state index in [2.05, 4.69) is 5.32 Å². The molecular formula is C14H16N2O4S. The van der Waals surface area contributed by atoms with Crippen molar-refractivity contribution in [1.82, 2.24) is 10.2 Å². The molecule has 6 nitrogen and oxygen atoms in total. The van der Waals surface area contributed by atoms with Gasteiger partial charge in [-0.05, 0) is 25.0 Å². The molecule has 2 heterocycles. The third kappa shape index (κ3) is 2.65. The molecule has 1 aliphatic carbocycles. The molecule has 1 aromatic heterocycles. The van der Waals surface area contributed by atoms with Gasteiger partial charge in [0.15, 0.2) is 0 Å². The van der Waals surface area contributed by atoms with E-state index in [1.165, 1.54) is 12.1 Å². The maximum atomic E-state index is 12.6. The predicted octanol–water partition coefficient (Wildman–Crippen LogP) is 1.33. The highest BCUT2D eigenvalue weighted by atomic mass is 32.1. The first-order valence-corrected chi connectivity index (χ1v) is 7.81. The molecule has 2 aliphatic rings. The fourth-order valence-corrected chi connectivity index (χ4v) is 3.91. The minimum absolute atomic E-state index is 0.0272. The van der Waals surface area contributed by atoms with E-state index in [9.17, 15) is 14.4 Å². The van der Waals surface area contributed by atoms with Crippen LogP contribution in [-0.2, 0) is 4.79 Å². The molecule has 2 N–H and O–H groups in total. The Labute approximate surface area is 125 Å². The molecule has 7 heteroatoms. The number of rotatable bonds is 2. The molecule has 2 amide bonds. The number of nitrogens with one attached hydrogen (secondary N) is 1. The summed E-state index contributed by atoms with van der Waals surface area (Å²) in [5, 5.41) is 11.9. The number of nitrogens with zero attached hydrogens (tertiary/aromatic N) is 1. The Hall–Kier alpha value is -1.89. The Morgan fingerprint density at radius 1 is 1.24 bits per heavy atom. The topological polar surface area (TPSA) is 86.7 Å². The number of thiophene rings is 1. The lowest BCUT2D eigenvalue weighted by atomic mass is 9.87. The smallest absolute Gasteiger partial charge is 0.345 e. The molecule has 1 aliphatic heterocycles. The van der Waals surface area contributed by atoms with Crippen molar-refractivity contribution in [2.75, 3.05) is 6.54 Å². The monoisotopic (exact) mass is 308 g/mol. The van der Waals surface area contributed by atoms with E-state index in [0.29, 0.717) is 4.88 Å². The summed E-state index contributed by atoms with van der Waals surface area (Å²) >= 11 is 0.961. The van der Waals surface area contributed by atoms with Gasteiger partial charge in [-0.3, -0.25) is 9.59 Å². The summed E-state index contributed by atoms with van der Waals surface area (Å²) in [7, 11) is 0. The third-order valence-electron chi connectivity index (χ3n) is 4.08. The summed E-state index contributed by atoms with van der Waals surface area (Å²) in [6.07, 6.45) is 3.89. The zero-order valence-electron chi connectivity index (χ0n) is 11.4. The highest BCUT2D eigenvalue weighted by Crippen LogP contribution is 2.28. The van der Waals surface area contributed by atoms with Gasteiger partial charge in [-0.15, -0.1) is 11.3 Å². The number of carbonyl (C=O) groups is 3. The van der Waals surface area contributed by atoms with Gasteiger partial charge >= 0.3 is 5.97 Å². The van der Waals surface area contributed by atoms with Crippen LogP contribution in [0.5, 0.6) is 0 Å². The van der Waals surface area contributed by atoms with Crippen LogP contribution in [0.25, 0.3) is 0 Å². The Kier molecular flexibility index (Phi) is 3.67. The highest BCUT2D eigenvalue weighted by molar-refractivity contribution is 7.15. The van der Waals surface area contributed by atoms with E-state index in [1.807, 2.05) is 0 Å². The molecular weight excluding hydrogens is 292 g/mol. The first kappa shape index (κ1) is 14.1. The van der Waals surface area contributed by atoms with Crippen molar-refractivity contribution in [3.63, 3.8) is 0 Å².